The van der Waals surface area contributed by atoms with E-state index in [0.717, 1.165) is 12.0 Å². The predicted molar refractivity (Wildman–Crippen MR) is 131 cm³/mol. The molecule has 3 rings (SSSR count). The molecular formula is C25H25N3O3S. The first-order valence-electron chi connectivity index (χ1n) is 10.3. The first-order chi connectivity index (χ1) is 15.5. The zero-order valence-corrected chi connectivity index (χ0v) is 18.6. The zero-order chi connectivity index (χ0) is 22.8. The van der Waals surface area contributed by atoms with Gasteiger partial charge in [-0.15, -0.1) is 0 Å². The molecule has 0 fully saturated rings. The Labute approximate surface area is 193 Å². The lowest BCUT2D eigenvalue weighted by Gasteiger charge is -2.14. The number of hydrogen-bond donors (Lipinski definition) is 3. The van der Waals surface area contributed by atoms with Crippen LogP contribution in [0.1, 0.15) is 29.3 Å². The zero-order valence-electron chi connectivity index (χ0n) is 17.8. The number of nitrogens with one attached hydrogen (secondary N) is 3. The van der Waals surface area contributed by atoms with E-state index in [-0.39, 0.29) is 16.9 Å². The van der Waals surface area contributed by atoms with Crippen molar-refractivity contribution in [2.45, 2.75) is 19.8 Å². The number of thiocarbonyl (C=S) groups is 1. The molecule has 0 heterocycles. The van der Waals surface area contributed by atoms with Gasteiger partial charge in [0.15, 0.2) is 5.11 Å². The summed E-state index contributed by atoms with van der Waals surface area (Å²) in [6, 6.07) is 24.2. The van der Waals surface area contributed by atoms with Crippen molar-refractivity contribution in [3.8, 4) is 5.75 Å². The molecular weight excluding hydrogens is 422 g/mol. The number of hydrogen-bond acceptors (Lipinski definition) is 4. The Morgan fingerprint density at radius 1 is 0.875 bits per heavy atom. The van der Waals surface area contributed by atoms with Crippen LogP contribution in [0.25, 0.3) is 0 Å². The Hall–Kier alpha value is -3.71. The second kappa shape index (κ2) is 11.6. The highest BCUT2D eigenvalue weighted by Crippen LogP contribution is 2.19. The average Bonchev–Trinajstić information content (AvgIpc) is 2.80. The lowest BCUT2D eigenvalue weighted by molar-refractivity contribution is -0.115. The second-order valence-electron chi connectivity index (χ2n) is 6.97. The van der Waals surface area contributed by atoms with Crippen molar-refractivity contribution < 1.29 is 14.3 Å². The van der Waals surface area contributed by atoms with Gasteiger partial charge in [-0.1, -0.05) is 55.5 Å². The highest BCUT2D eigenvalue weighted by atomic mass is 32.1. The number of benzene rings is 3. The van der Waals surface area contributed by atoms with Crippen LogP contribution in [0.2, 0.25) is 0 Å². The van der Waals surface area contributed by atoms with E-state index in [9.17, 15) is 9.59 Å². The maximum atomic E-state index is 12.8. The molecule has 0 spiro atoms. The molecule has 7 heteroatoms. The van der Waals surface area contributed by atoms with Crippen LogP contribution in [-0.4, -0.2) is 23.5 Å². The van der Waals surface area contributed by atoms with Crippen LogP contribution in [-0.2, 0) is 11.2 Å². The summed E-state index contributed by atoms with van der Waals surface area (Å²) in [6.45, 7) is 2.23. The van der Waals surface area contributed by atoms with Crippen LogP contribution in [0.5, 0.6) is 5.75 Å². The van der Waals surface area contributed by atoms with E-state index in [2.05, 4.69) is 16.0 Å². The summed E-state index contributed by atoms with van der Waals surface area (Å²) in [7, 11) is 0. The van der Waals surface area contributed by atoms with Gasteiger partial charge in [-0.25, -0.2) is 0 Å². The normalized spacial score (nSPS) is 10.2. The summed E-state index contributed by atoms with van der Waals surface area (Å²) in [6.07, 6.45) is 1.13. The summed E-state index contributed by atoms with van der Waals surface area (Å²) in [5.74, 6) is 0.0446. The lowest BCUT2D eigenvalue weighted by atomic mass is 10.1. The van der Waals surface area contributed by atoms with Gasteiger partial charge in [0.2, 0.25) is 5.91 Å². The quantitative estimate of drug-likeness (QED) is 0.433. The van der Waals surface area contributed by atoms with Crippen LogP contribution >= 0.6 is 12.2 Å². The molecule has 0 aliphatic heterocycles. The molecule has 2 amide bonds. The van der Waals surface area contributed by atoms with Gasteiger partial charge in [0.1, 0.15) is 5.75 Å². The van der Waals surface area contributed by atoms with Gasteiger partial charge in [0.05, 0.1) is 12.2 Å². The molecule has 0 saturated carbocycles. The van der Waals surface area contributed by atoms with Gasteiger partial charge in [-0.3, -0.25) is 14.9 Å². The number of para-hydroxylation sites is 1. The number of anilines is 2. The van der Waals surface area contributed by atoms with E-state index in [4.69, 9.17) is 17.0 Å². The van der Waals surface area contributed by atoms with Crippen molar-refractivity contribution in [3.63, 3.8) is 0 Å². The smallest absolute Gasteiger partial charge is 0.261 e. The van der Waals surface area contributed by atoms with E-state index >= 15 is 0 Å². The number of amides is 2. The van der Waals surface area contributed by atoms with Crippen LogP contribution in [0.15, 0.2) is 78.9 Å². The highest BCUT2D eigenvalue weighted by Gasteiger charge is 2.14. The van der Waals surface area contributed by atoms with Crippen molar-refractivity contribution >= 4 is 40.5 Å². The third kappa shape index (κ3) is 6.92. The van der Waals surface area contributed by atoms with Gasteiger partial charge in [0.25, 0.3) is 5.91 Å². The predicted octanol–water partition coefficient (Wildman–Crippen LogP) is 4.78. The van der Waals surface area contributed by atoms with Crippen molar-refractivity contribution in [3.05, 3.63) is 90.0 Å². The third-order valence-corrected chi connectivity index (χ3v) is 4.78. The molecule has 0 radical (unpaired) electrons. The van der Waals surface area contributed by atoms with E-state index in [1.54, 1.807) is 49.4 Å². The minimum Gasteiger partial charge on any atom is -0.492 e. The van der Waals surface area contributed by atoms with Gasteiger partial charge in [0, 0.05) is 24.2 Å². The molecule has 3 aromatic rings. The molecule has 0 atom stereocenters. The fourth-order valence-electron chi connectivity index (χ4n) is 2.96. The Kier molecular flexibility index (Phi) is 8.34. The highest BCUT2D eigenvalue weighted by molar-refractivity contribution is 7.80. The first kappa shape index (κ1) is 23.0. The van der Waals surface area contributed by atoms with Crippen molar-refractivity contribution in [1.82, 2.24) is 5.32 Å². The standard InChI is InChI=1S/C25H25N3O3S/c1-2-23(29)26-19-11-8-12-20(17-19)27-25(32)28-24(30)21-13-6-7-14-22(21)31-16-15-18-9-4-3-5-10-18/h3-14,17H,2,15-16H2,1H3,(H,26,29)(H2,27,28,30,32). The molecule has 0 aliphatic rings. The van der Waals surface area contributed by atoms with E-state index in [1.807, 2.05) is 36.4 Å². The number of carbonyl (C=O) groups excluding carboxylic acids is 2. The largest absolute Gasteiger partial charge is 0.492 e. The molecule has 0 saturated heterocycles. The summed E-state index contributed by atoms with van der Waals surface area (Å²) in [4.78, 5) is 24.4. The second-order valence-corrected chi connectivity index (χ2v) is 7.38. The summed E-state index contributed by atoms with van der Waals surface area (Å²) >= 11 is 5.29. The molecule has 6 nitrogen and oxygen atoms in total. The van der Waals surface area contributed by atoms with Gasteiger partial charge >= 0.3 is 0 Å². The fraction of sp³-hybridized carbons (Fsp3) is 0.160. The maximum absolute atomic E-state index is 12.8. The maximum Gasteiger partial charge on any atom is 0.261 e. The van der Waals surface area contributed by atoms with E-state index in [1.165, 1.54) is 0 Å². The van der Waals surface area contributed by atoms with Gasteiger partial charge in [-0.05, 0) is 48.1 Å². The average molecular weight is 448 g/mol. The SMILES string of the molecule is CCC(=O)Nc1cccc(NC(=S)NC(=O)c2ccccc2OCCc2ccccc2)c1. The summed E-state index contributed by atoms with van der Waals surface area (Å²) < 4.78 is 5.86. The monoisotopic (exact) mass is 447 g/mol. The summed E-state index contributed by atoms with van der Waals surface area (Å²) in [5.41, 5.74) is 2.86. The molecule has 32 heavy (non-hydrogen) atoms. The molecule has 164 valence electrons. The number of carbonyl (C=O) groups is 2. The molecule has 0 aliphatic carbocycles. The van der Waals surface area contributed by atoms with Gasteiger partial charge in [-0.2, -0.15) is 0 Å². The molecule has 3 N–H and O–H groups in total. The molecule has 0 bridgehead atoms. The van der Waals surface area contributed by atoms with E-state index in [0.29, 0.717) is 35.7 Å². The fourth-order valence-corrected chi connectivity index (χ4v) is 3.17. The molecule has 3 aromatic carbocycles. The minimum absolute atomic E-state index is 0.0816. The Morgan fingerprint density at radius 2 is 1.56 bits per heavy atom. The van der Waals surface area contributed by atoms with E-state index < -0.39 is 0 Å². The first-order valence-corrected chi connectivity index (χ1v) is 10.7. The lowest BCUT2D eigenvalue weighted by Crippen LogP contribution is -2.34. The Morgan fingerprint density at radius 3 is 2.31 bits per heavy atom. The van der Waals surface area contributed by atoms with Crippen LogP contribution in [0, 0.1) is 0 Å². The Bertz CT molecular complexity index is 1090. The Balaban J connectivity index is 1.58. The molecule has 0 unspecified atom stereocenters. The topological polar surface area (TPSA) is 79.5 Å². The number of rotatable bonds is 8. The molecule has 0 aromatic heterocycles. The number of ether oxygens (including phenoxy) is 1. The van der Waals surface area contributed by atoms with Crippen LogP contribution < -0.4 is 20.7 Å². The van der Waals surface area contributed by atoms with Crippen LogP contribution in [0.3, 0.4) is 0 Å². The summed E-state index contributed by atoms with van der Waals surface area (Å²) in [5, 5.41) is 8.58. The van der Waals surface area contributed by atoms with Crippen molar-refractivity contribution in [1.29, 1.82) is 0 Å². The third-order valence-electron chi connectivity index (χ3n) is 4.58. The van der Waals surface area contributed by atoms with Crippen molar-refractivity contribution in [2.75, 3.05) is 17.2 Å². The van der Waals surface area contributed by atoms with Crippen molar-refractivity contribution in [2.24, 2.45) is 0 Å². The minimum atomic E-state index is -0.367. The van der Waals surface area contributed by atoms with Crippen LogP contribution in [0.4, 0.5) is 11.4 Å². The van der Waals surface area contributed by atoms with Gasteiger partial charge < -0.3 is 15.4 Å².